The van der Waals surface area contributed by atoms with Crippen molar-refractivity contribution in [2.45, 2.75) is 0 Å². The Morgan fingerprint density at radius 2 is 1.67 bits per heavy atom. The lowest BCUT2D eigenvalue weighted by molar-refractivity contribution is -0.384. The minimum absolute atomic E-state index is 0.123. The molecule has 9 nitrogen and oxygen atoms in total. The molecule has 0 aromatic heterocycles. The van der Waals surface area contributed by atoms with Gasteiger partial charge in [-0.15, -0.1) is 10.2 Å². The molecule has 0 heterocycles. The fourth-order valence-corrected chi connectivity index (χ4v) is 2.45. The molecule has 0 saturated carbocycles. The lowest BCUT2D eigenvalue weighted by Gasteiger charge is -2.07. The summed E-state index contributed by atoms with van der Waals surface area (Å²) in [4.78, 5) is 39.0. The summed E-state index contributed by atoms with van der Waals surface area (Å²) in [6.45, 7) is 0. The van der Waals surface area contributed by atoms with Crippen molar-refractivity contribution in [2.24, 2.45) is 10.2 Å². The van der Waals surface area contributed by atoms with E-state index in [2.05, 4.69) is 15.7 Å². The van der Waals surface area contributed by atoms with Crippen molar-refractivity contribution in [3.05, 3.63) is 99.1 Å². The van der Waals surface area contributed by atoms with Crippen molar-refractivity contribution in [3.63, 3.8) is 0 Å². The highest BCUT2D eigenvalue weighted by Gasteiger charge is 2.09. The third-order valence-electron chi connectivity index (χ3n) is 3.77. The average molecular weight is 425 g/mol. The van der Waals surface area contributed by atoms with E-state index in [1.165, 1.54) is 30.3 Å². The molecule has 1 amide bonds. The van der Waals surface area contributed by atoms with Crippen LogP contribution in [-0.4, -0.2) is 16.8 Å². The second-order valence-electron chi connectivity index (χ2n) is 5.86. The summed E-state index contributed by atoms with van der Waals surface area (Å²) in [6, 6.07) is 17.7. The van der Waals surface area contributed by atoms with Crippen LogP contribution in [-0.2, 0) is 4.84 Å². The molecule has 3 aromatic carbocycles. The number of carbonyl (C=O) groups excluding carboxylic acids is 2. The molecule has 0 aliphatic carbocycles. The standard InChI is InChI=1S/C20H13ClN4O5/c21-15-3-1-2-14(12-15)20(27)30-24-17-8-6-16(7-9-17)22-23-19(26)13-4-10-18(11-5-13)25(28)29/h1-12,24H. The van der Waals surface area contributed by atoms with E-state index in [0.29, 0.717) is 22.0 Å². The quantitative estimate of drug-likeness (QED) is 0.323. The summed E-state index contributed by atoms with van der Waals surface area (Å²) < 4.78 is 0. The maximum atomic E-state index is 12.0. The summed E-state index contributed by atoms with van der Waals surface area (Å²) in [5.41, 5.74) is 3.72. The van der Waals surface area contributed by atoms with Gasteiger partial charge in [0, 0.05) is 22.7 Å². The smallest absolute Gasteiger partial charge is 0.338 e. The first-order chi connectivity index (χ1) is 14.4. The number of azo groups is 1. The Hall–Kier alpha value is -4.11. The van der Waals surface area contributed by atoms with Gasteiger partial charge in [0.05, 0.1) is 21.9 Å². The second-order valence-corrected chi connectivity index (χ2v) is 6.29. The van der Waals surface area contributed by atoms with Gasteiger partial charge in [-0.2, -0.15) is 0 Å². The number of amides is 1. The van der Waals surface area contributed by atoms with Crippen LogP contribution in [0, 0.1) is 10.1 Å². The number of non-ortho nitro benzene ring substituents is 1. The lowest BCUT2D eigenvalue weighted by atomic mass is 10.2. The highest BCUT2D eigenvalue weighted by molar-refractivity contribution is 6.30. The molecule has 3 rings (SSSR count). The average Bonchev–Trinajstić information content (AvgIpc) is 2.76. The fraction of sp³-hybridized carbons (Fsp3) is 0. The van der Waals surface area contributed by atoms with E-state index in [0.717, 1.165) is 0 Å². The number of nitro groups is 1. The Labute approximate surface area is 175 Å². The number of halogens is 1. The predicted octanol–water partition coefficient (Wildman–Crippen LogP) is 5.36. The third kappa shape index (κ3) is 5.46. The molecule has 0 atom stereocenters. The van der Waals surface area contributed by atoms with Crippen LogP contribution >= 0.6 is 11.6 Å². The Kier molecular flexibility index (Phi) is 6.46. The molecule has 10 heteroatoms. The Morgan fingerprint density at radius 1 is 0.967 bits per heavy atom. The number of benzene rings is 3. The van der Waals surface area contributed by atoms with Gasteiger partial charge in [-0.3, -0.25) is 14.9 Å². The second kappa shape index (κ2) is 9.39. The Balaban J connectivity index is 1.56. The fourth-order valence-electron chi connectivity index (χ4n) is 2.26. The van der Waals surface area contributed by atoms with Gasteiger partial charge in [0.1, 0.15) is 0 Å². The molecule has 30 heavy (non-hydrogen) atoms. The van der Waals surface area contributed by atoms with Gasteiger partial charge in [0.2, 0.25) is 0 Å². The van der Waals surface area contributed by atoms with Crippen molar-refractivity contribution < 1.29 is 19.3 Å². The molecule has 150 valence electrons. The van der Waals surface area contributed by atoms with Crippen molar-refractivity contribution >= 4 is 40.5 Å². The van der Waals surface area contributed by atoms with Gasteiger partial charge in [0.15, 0.2) is 0 Å². The molecule has 0 saturated heterocycles. The maximum absolute atomic E-state index is 12.0. The summed E-state index contributed by atoms with van der Waals surface area (Å²) >= 11 is 5.84. The minimum Gasteiger partial charge on any atom is -0.338 e. The maximum Gasteiger partial charge on any atom is 0.362 e. The zero-order valence-electron chi connectivity index (χ0n) is 15.2. The molecule has 0 unspecified atom stereocenters. The molecule has 0 fully saturated rings. The van der Waals surface area contributed by atoms with Gasteiger partial charge in [-0.1, -0.05) is 17.7 Å². The summed E-state index contributed by atoms with van der Waals surface area (Å²) in [6.07, 6.45) is 0. The first-order valence-corrected chi connectivity index (χ1v) is 8.83. The van der Waals surface area contributed by atoms with Crippen LogP contribution in [0.4, 0.5) is 17.1 Å². The van der Waals surface area contributed by atoms with E-state index in [-0.39, 0.29) is 11.3 Å². The van der Waals surface area contributed by atoms with Crippen molar-refractivity contribution in [3.8, 4) is 0 Å². The van der Waals surface area contributed by atoms with Crippen LogP contribution < -0.4 is 5.48 Å². The number of anilines is 1. The molecule has 0 aliphatic heterocycles. The Morgan fingerprint density at radius 3 is 2.30 bits per heavy atom. The number of carbonyl (C=O) groups is 2. The molecule has 1 N–H and O–H groups in total. The van der Waals surface area contributed by atoms with Crippen LogP contribution in [0.3, 0.4) is 0 Å². The van der Waals surface area contributed by atoms with Crippen LogP contribution in [0.1, 0.15) is 20.7 Å². The van der Waals surface area contributed by atoms with Crippen molar-refractivity contribution in [1.82, 2.24) is 0 Å². The molecule has 0 radical (unpaired) electrons. The zero-order chi connectivity index (χ0) is 21.5. The van der Waals surface area contributed by atoms with Crippen LogP contribution in [0.15, 0.2) is 83.0 Å². The number of nitrogens with zero attached hydrogens (tertiary/aromatic N) is 3. The molecular formula is C20H13ClN4O5. The van der Waals surface area contributed by atoms with Crippen LogP contribution in [0.25, 0.3) is 0 Å². The highest BCUT2D eigenvalue weighted by Crippen LogP contribution is 2.19. The predicted molar refractivity (Wildman–Crippen MR) is 109 cm³/mol. The zero-order valence-corrected chi connectivity index (χ0v) is 15.9. The molecule has 0 bridgehead atoms. The van der Waals surface area contributed by atoms with Crippen LogP contribution in [0.2, 0.25) is 5.02 Å². The largest absolute Gasteiger partial charge is 0.362 e. The topological polar surface area (TPSA) is 123 Å². The van der Waals surface area contributed by atoms with Crippen molar-refractivity contribution in [2.75, 3.05) is 5.48 Å². The molecule has 0 spiro atoms. The minimum atomic E-state index is -0.637. The molecular weight excluding hydrogens is 412 g/mol. The van der Waals surface area contributed by atoms with E-state index in [4.69, 9.17) is 16.4 Å². The van der Waals surface area contributed by atoms with Gasteiger partial charge < -0.3 is 4.84 Å². The highest BCUT2D eigenvalue weighted by atomic mass is 35.5. The number of nitrogens with one attached hydrogen (secondary N) is 1. The molecule has 3 aromatic rings. The monoisotopic (exact) mass is 424 g/mol. The van der Waals surface area contributed by atoms with Gasteiger partial charge in [0.25, 0.3) is 11.6 Å². The van der Waals surface area contributed by atoms with E-state index in [9.17, 15) is 19.7 Å². The summed E-state index contributed by atoms with van der Waals surface area (Å²) in [7, 11) is 0. The number of hydrogen-bond donors (Lipinski definition) is 1. The Bertz CT molecular complexity index is 1110. The van der Waals surface area contributed by atoms with Gasteiger partial charge in [-0.05, 0) is 54.6 Å². The SMILES string of the molecule is O=C(N=Nc1ccc(NOC(=O)c2cccc(Cl)c2)cc1)c1ccc([N+](=O)[O-])cc1. The lowest BCUT2D eigenvalue weighted by Crippen LogP contribution is -2.10. The summed E-state index contributed by atoms with van der Waals surface area (Å²) in [5, 5.41) is 18.5. The van der Waals surface area contributed by atoms with Gasteiger partial charge in [-0.25, -0.2) is 10.3 Å². The number of nitro benzene ring substituents is 1. The van der Waals surface area contributed by atoms with Gasteiger partial charge >= 0.3 is 5.97 Å². The number of hydrogen-bond acceptors (Lipinski definition) is 7. The first kappa shape index (κ1) is 20.6. The number of rotatable bonds is 6. The van der Waals surface area contributed by atoms with Crippen LogP contribution in [0.5, 0.6) is 0 Å². The van der Waals surface area contributed by atoms with E-state index < -0.39 is 16.8 Å². The summed E-state index contributed by atoms with van der Waals surface area (Å²) in [5.74, 6) is -1.24. The van der Waals surface area contributed by atoms with E-state index in [1.54, 1.807) is 42.5 Å². The normalized spacial score (nSPS) is 10.6. The first-order valence-electron chi connectivity index (χ1n) is 8.46. The third-order valence-corrected chi connectivity index (χ3v) is 4.01. The van der Waals surface area contributed by atoms with E-state index >= 15 is 0 Å². The van der Waals surface area contributed by atoms with E-state index in [1.807, 2.05) is 0 Å². The van der Waals surface area contributed by atoms with Crippen molar-refractivity contribution in [1.29, 1.82) is 0 Å². The molecule has 0 aliphatic rings.